The quantitative estimate of drug-likeness (QED) is 0.601. The minimum Gasteiger partial charge on any atom is -0.383 e. The number of nitrogen functional groups attached to an aromatic ring is 1. The molecule has 4 aromatic rings. The highest BCUT2D eigenvalue weighted by atomic mass is 15.6. The highest BCUT2D eigenvalue weighted by molar-refractivity contribution is 5.79. The van der Waals surface area contributed by atoms with Gasteiger partial charge in [-0.25, -0.2) is 15.0 Å². The lowest BCUT2D eigenvalue weighted by Crippen LogP contribution is -2.12. The van der Waals surface area contributed by atoms with Crippen molar-refractivity contribution in [3.05, 3.63) is 55.1 Å². The topological polar surface area (TPSA) is 87.4 Å². The molecule has 0 fully saturated rings. The number of imidazole rings is 1. The van der Waals surface area contributed by atoms with E-state index in [9.17, 15) is 0 Å². The van der Waals surface area contributed by atoms with Crippen LogP contribution in [-0.4, -0.2) is 29.5 Å². The van der Waals surface area contributed by atoms with Crippen LogP contribution in [0.1, 0.15) is 0 Å². The first-order valence-electron chi connectivity index (χ1n) is 6.39. The van der Waals surface area contributed by atoms with E-state index in [2.05, 4.69) is 20.1 Å². The monoisotopic (exact) mass is 277 g/mol. The van der Waals surface area contributed by atoms with Crippen LogP contribution >= 0.6 is 0 Å². The maximum atomic E-state index is 5.98. The minimum absolute atomic E-state index is 0.418. The van der Waals surface area contributed by atoms with Crippen molar-refractivity contribution >= 4 is 17.0 Å². The van der Waals surface area contributed by atoms with Crippen LogP contribution in [0.15, 0.2) is 55.1 Å². The van der Waals surface area contributed by atoms with Gasteiger partial charge in [0.05, 0.1) is 11.8 Å². The third kappa shape index (κ3) is 1.75. The Kier molecular flexibility index (Phi) is 2.43. The number of nitrogens with two attached hydrogens (primary N) is 1. The number of aromatic nitrogens is 6. The first kappa shape index (κ1) is 11.6. The molecule has 0 aliphatic heterocycles. The summed E-state index contributed by atoms with van der Waals surface area (Å²) in [4.78, 5) is 14.8. The Morgan fingerprint density at radius 2 is 1.81 bits per heavy atom. The number of anilines is 1. The predicted octanol–water partition coefficient (Wildman–Crippen LogP) is 1.58. The first-order chi connectivity index (χ1) is 10.3. The summed E-state index contributed by atoms with van der Waals surface area (Å²) in [5, 5.41) is 4.26. The van der Waals surface area contributed by atoms with Gasteiger partial charge in [0.25, 0.3) is 0 Å². The minimum atomic E-state index is 0.418. The van der Waals surface area contributed by atoms with Crippen LogP contribution in [0.4, 0.5) is 5.82 Å². The van der Waals surface area contributed by atoms with Gasteiger partial charge in [0.1, 0.15) is 11.3 Å². The fraction of sp³-hybridized carbons (Fsp3) is 0. The summed E-state index contributed by atoms with van der Waals surface area (Å²) < 4.78 is 1.81. The van der Waals surface area contributed by atoms with Crippen LogP contribution in [0.5, 0.6) is 0 Å². The maximum absolute atomic E-state index is 5.98. The summed E-state index contributed by atoms with van der Waals surface area (Å²) in [7, 11) is 0. The van der Waals surface area contributed by atoms with Gasteiger partial charge in [-0.05, 0) is 30.3 Å². The Hall–Kier alpha value is -3.22. The summed E-state index contributed by atoms with van der Waals surface area (Å²) in [6.45, 7) is 0. The van der Waals surface area contributed by atoms with Crippen molar-refractivity contribution in [1.82, 2.24) is 29.5 Å². The molecule has 0 aliphatic carbocycles. The van der Waals surface area contributed by atoms with Gasteiger partial charge in [-0.1, -0.05) is 0 Å². The highest BCUT2D eigenvalue weighted by Crippen LogP contribution is 2.26. The lowest BCUT2D eigenvalue weighted by Gasteiger charge is -2.09. The van der Waals surface area contributed by atoms with Crippen LogP contribution in [0.3, 0.4) is 0 Å². The Bertz CT molecular complexity index is 908. The lowest BCUT2D eigenvalue weighted by atomic mass is 10.2. The fourth-order valence-corrected chi connectivity index (χ4v) is 2.25. The van der Waals surface area contributed by atoms with E-state index in [1.54, 1.807) is 23.4 Å². The molecule has 0 radical (unpaired) electrons. The molecule has 0 bridgehead atoms. The molecule has 7 nitrogen and oxygen atoms in total. The summed E-state index contributed by atoms with van der Waals surface area (Å²) in [5.41, 5.74) is 8.20. The first-order valence-corrected chi connectivity index (χ1v) is 6.39. The number of hydrogen-bond acceptors (Lipinski definition) is 5. The van der Waals surface area contributed by atoms with Gasteiger partial charge in [0.15, 0.2) is 11.5 Å². The zero-order chi connectivity index (χ0) is 14.2. The molecule has 0 amide bonds. The van der Waals surface area contributed by atoms with E-state index in [1.165, 1.54) is 0 Å². The van der Waals surface area contributed by atoms with Crippen LogP contribution in [0.25, 0.3) is 22.6 Å². The van der Waals surface area contributed by atoms with Crippen molar-refractivity contribution in [2.75, 3.05) is 5.73 Å². The molecule has 4 rings (SSSR count). The standard InChI is InChI=1S/C14H11N7/c15-12-10(4-1-6-16-12)13-19-11-5-2-7-17-14(11)21(13)20-9-3-8-18-20/h1-9H,(H2,15,16). The van der Waals surface area contributed by atoms with Crippen molar-refractivity contribution in [3.8, 4) is 11.4 Å². The summed E-state index contributed by atoms with van der Waals surface area (Å²) >= 11 is 0. The average Bonchev–Trinajstić information content (AvgIpc) is 3.14. The van der Waals surface area contributed by atoms with E-state index in [-0.39, 0.29) is 0 Å². The highest BCUT2D eigenvalue weighted by Gasteiger charge is 2.17. The van der Waals surface area contributed by atoms with E-state index >= 15 is 0 Å². The van der Waals surface area contributed by atoms with Gasteiger partial charge in [-0.2, -0.15) is 14.6 Å². The van der Waals surface area contributed by atoms with Crippen LogP contribution in [0.2, 0.25) is 0 Å². The molecule has 7 heteroatoms. The lowest BCUT2D eigenvalue weighted by molar-refractivity contribution is 0.593. The second-order valence-corrected chi connectivity index (χ2v) is 4.46. The Morgan fingerprint density at radius 3 is 2.62 bits per heavy atom. The number of pyridine rings is 2. The van der Waals surface area contributed by atoms with Crippen LogP contribution in [0, 0.1) is 0 Å². The SMILES string of the molecule is Nc1ncccc1-c1nc2cccnc2n1-n1cccn1. The molecule has 0 unspecified atom stereocenters. The average molecular weight is 277 g/mol. The molecule has 0 aliphatic rings. The van der Waals surface area contributed by atoms with E-state index in [4.69, 9.17) is 5.73 Å². The van der Waals surface area contributed by atoms with E-state index in [0.29, 0.717) is 17.3 Å². The Morgan fingerprint density at radius 1 is 0.952 bits per heavy atom. The number of hydrogen-bond donors (Lipinski definition) is 1. The number of rotatable bonds is 2. The van der Waals surface area contributed by atoms with E-state index < -0.39 is 0 Å². The molecule has 21 heavy (non-hydrogen) atoms. The van der Waals surface area contributed by atoms with Gasteiger partial charge in [0.2, 0.25) is 0 Å². The second-order valence-electron chi connectivity index (χ2n) is 4.46. The van der Waals surface area contributed by atoms with E-state index in [1.807, 2.05) is 41.2 Å². The normalized spacial score (nSPS) is 11.0. The van der Waals surface area contributed by atoms with Crippen molar-refractivity contribution < 1.29 is 0 Å². The molecule has 0 saturated carbocycles. The van der Waals surface area contributed by atoms with Gasteiger partial charge in [-0.15, -0.1) is 0 Å². The third-order valence-corrected chi connectivity index (χ3v) is 3.17. The molecule has 4 heterocycles. The van der Waals surface area contributed by atoms with Crippen molar-refractivity contribution in [3.63, 3.8) is 0 Å². The number of nitrogens with zero attached hydrogens (tertiary/aromatic N) is 6. The van der Waals surface area contributed by atoms with Gasteiger partial charge in [-0.3, -0.25) is 0 Å². The zero-order valence-electron chi connectivity index (χ0n) is 11.0. The third-order valence-electron chi connectivity index (χ3n) is 3.17. The van der Waals surface area contributed by atoms with Crippen LogP contribution < -0.4 is 5.73 Å². The molecule has 0 saturated heterocycles. The summed E-state index contributed by atoms with van der Waals surface area (Å²) in [5.74, 6) is 1.07. The zero-order valence-corrected chi connectivity index (χ0v) is 11.0. The largest absolute Gasteiger partial charge is 0.383 e. The molecular weight excluding hydrogens is 266 g/mol. The summed E-state index contributed by atoms with van der Waals surface area (Å²) in [6, 6.07) is 9.29. The molecular formula is C14H11N7. The second kappa shape index (κ2) is 4.41. The molecule has 0 spiro atoms. The Labute approximate surface area is 119 Å². The van der Waals surface area contributed by atoms with Gasteiger partial charge >= 0.3 is 0 Å². The summed E-state index contributed by atoms with van der Waals surface area (Å²) in [6.07, 6.45) is 6.90. The Balaban J connectivity index is 2.10. The molecule has 4 aromatic heterocycles. The van der Waals surface area contributed by atoms with Crippen LogP contribution in [-0.2, 0) is 0 Å². The molecule has 0 aromatic carbocycles. The molecule has 102 valence electrons. The number of fused-ring (bicyclic) bond motifs is 1. The van der Waals surface area contributed by atoms with Crippen molar-refractivity contribution in [1.29, 1.82) is 0 Å². The maximum Gasteiger partial charge on any atom is 0.181 e. The van der Waals surface area contributed by atoms with Gasteiger partial charge < -0.3 is 5.73 Å². The van der Waals surface area contributed by atoms with Crippen molar-refractivity contribution in [2.45, 2.75) is 0 Å². The van der Waals surface area contributed by atoms with E-state index in [0.717, 1.165) is 11.1 Å². The van der Waals surface area contributed by atoms with Crippen molar-refractivity contribution in [2.24, 2.45) is 0 Å². The molecule has 0 atom stereocenters. The van der Waals surface area contributed by atoms with Gasteiger partial charge in [0, 0.05) is 18.6 Å². The molecule has 2 N–H and O–H groups in total. The smallest absolute Gasteiger partial charge is 0.181 e. The predicted molar refractivity (Wildman–Crippen MR) is 78.2 cm³/mol. The fourth-order valence-electron chi connectivity index (χ4n) is 2.25.